The zero-order chi connectivity index (χ0) is 12.3. The molecule has 0 fully saturated rings. The molecule has 90 valence electrons. The van der Waals surface area contributed by atoms with Crippen molar-refractivity contribution in [1.29, 1.82) is 0 Å². The summed E-state index contributed by atoms with van der Waals surface area (Å²) in [5.41, 5.74) is 0.759. The molecule has 0 aliphatic heterocycles. The Morgan fingerprint density at radius 1 is 1.41 bits per heavy atom. The van der Waals surface area contributed by atoms with Crippen LogP contribution in [-0.4, -0.2) is 25.1 Å². The van der Waals surface area contributed by atoms with Crippen LogP contribution in [0.25, 0.3) is 0 Å². The first-order valence-electron chi connectivity index (χ1n) is 5.80. The molecule has 0 spiro atoms. The Balaban J connectivity index is 2.14. The maximum atomic E-state index is 11.5. The van der Waals surface area contributed by atoms with E-state index in [-0.39, 0.29) is 5.78 Å². The predicted molar refractivity (Wildman–Crippen MR) is 63.9 cm³/mol. The van der Waals surface area contributed by atoms with Crippen molar-refractivity contribution in [2.24, 2.45) is 0 Å². The molecule has 0 unspecified atom stereocenters. The van der Waals surface area contributed by atoms with Crippen molar-refractivity contribution in [3.63, 3.8) is 0 Å². The average Bonchev–Trinajstić information content (AvgIpc) is 2.97. The van der Waals surface area contributed by atoms with Crippen LogP contribution in [0.1, 0.15) is 36.5 Å². The summed E-state index contributed by atoms with van der Waals surface area (Å²) >= 11 is 0. The molecule has 0 saturated heterocycles. The number of aryl methyl sites for hydroxylation is 1. The topological polar surface area (TPSA) is 52.7 Å². The van der Waals surface area contributed by atoms with E-state index in [2.05, 4.69) is 10.1 Å². The molecule has 0 aliphatic carbocycles. The predicted octanol–water partition coefficient (Wildman–Crippen LogP) is 1.74. The molecule has 0 atom stereocenters. The second kappa shape index (κ2) is 4.95. The van der Waals surface area contributed by atoms with Crippen LogP contribution in [0.3, 0.4) is 0 Å². The van der Waals surface area contributed by atoms with E-state index in [9.17, 15) is 4.79 Å². The van der Waals surface area contributed by atoms with Gasteiger partial charge < -0.3 is 4.57 Å². The minimum absolute atomic E-state index is 0.167. The molecule has 17 heavy (non-hydrogen) atoms. The van der Waals surface area contributed by atoms with Crippen LogP contribution in [0, 0.1) is 0 Å². The summed E-state index contributed by atoms with van der Waals surface area (Å²) in [6, 6.07) is 1.85. The van der Waals surface area contributed by atoms with Crippen LogP contribution in [0.15, 0.2) is 24.8 Å². The van der Waals surface area contributed by atoms with Gasteiger partial charge in [-0.3, -0.25) is 4.79 Å². The number of nitrogens with zero attached hydrogens (tertiary/aromatic N) is 4. The van der Waals surface area contributed by atoms with Gasteiger partial charge in [0, 0.05) is 30.9 Å². The van der Waals surface area contributed by atoms with Crippen molar-refractivity contribution >= 4 is 5.78 Å². The van der Waals surface area contributed by atoms with Crippen molar-refractivity contribution < 1.29 is 4.79 Å². The van der Waals surface area contributed by atoms with Crippen molar-refractivity contribution in [2.75, 3.05) is 0 Å². The van der Waals surface area contributed by atoms with Gasteiger partial charge in [0.15, 0.2) is 5.78 Å². The molecule has 2 heterocycles. The highest BCUT2D eigenvalue weighted by molar-refractivity contribution is 5.95. The lowest BCUT2D eigenvalue weighted by atomic mass is 10.2. The van der Waals surface area contributed by atoms with Gasteiger partial charge >= 0.3 is 0 Å². The summed E-state index contributed by atoms with van der Waals surface area (Å²) in [7, 11) is 0. The largest absolute Gasteiger partial charge is 0.346 e. The molecule has 0 bridgehead atoms. The number of Topliss-reactive ketones (excluding diaryl/α,β-unsaturated/α-hetero) is 1. The molecule has 5 nitrogen and oxygen atoms in total. The lowest BCUT2D eigenvalue weighted by Gasteiger charge is -2.03. The minimum Gasteiger partial charge on any atom is -0.346 e. The van der Waals surface area contributed by atoms with Crippen LogP contribution < -0.4 is 0 Å². The molecule has 2 aromatic rings. The molecule has 2 aromatic heterocycles. The standard InChI is InChI=1S/C12H16N4O/c1-3-11(17)10-5-6-15(7-10)8-12-13-9-14-16(12)4-2/h5-7,9H,3-4,8H2,1-2H3. The van der Waals surface area contributed by atoms with Gasteiger partial charge in [0.2, 0.25) is 0 Å². The molecule has 0 N–H and O–H groups in total. The van der Waals surface area contributed by atoms with Gasteiger partial charge in [-0.2, -0.15) is 5.10 Å². The first kappa shape index (κ1) is 11.6. The molecule has 0 aromatic carbocycles. The molecular weight excluding hydrogens is 216 g/mol. The van der Waals surface area contributed by atoms with E-state index in [1.54, 1.807) is 6.33 Å². The van der Waals surface area contributed by atoms with E-state index < -0.39 is 0 Å². The highest BCUT2D eigenvalue weighted by Gasteiger charge is 2.07. The average molecular weight is 232 g/mol. The van der Waals surface area contributed by atoms with E-state index in [4.69, 9.17) is 0 Å². The Morgan fingerprint density at radius 2 is 2.24 bits per heavy atom. The number of aromatic nitrogens is 4. The van der Waals surface area contributed by atoms with E-state index in [1.807, 2.05) is 41.6 Å². The lowest BCUT2D eigenvalue weighted by Crippen LogP contribution is -2.08. The summed E-state index contributed by atoms with van der Waals surface area (Å²) in [5.74, 6) is 1.07. The quantitative estimate of drug-likeness (QED) is 0.738. The van der Waals surface area contributed by atoms with Crippen molar-refractivity contribution in [2.45, 2.75) is 33.4 Å². The monoisotopic (exact) mass is 232 g/mol. The third-order valence-corrected chi connectivity index (χ3v) is 2.71. The van der Waals surface area contributed by atoms with E-state index >= 15 is 0 Å². The van der Waals surface area contributed by atoms with Crippen LogP contribution in [0.4, 0.5) is 0 Å². The second-order valence-electron chi connectivity index (χ2n) is 3.84. The zero-order valence-electron chi connectivity index (χ0n) is 10.1. The summed E-state index contributed by atoms with van der Waals surface area (Å²) in [4.78, 5) is 15.7. The molecular formula is C12H16N4O. The first-order chi connectivity index (χ1) is 8.24. The minimum atomic E-state index is 0.167. The first-order valence-corrected chi connectivity index (χ1v) is 5.80. The number of carbonyl (C=O) groups excluding carboxylic acids is 1. The molecule has 0 aliphatic rings. The Bertz CT molecular complexity index is 512. The summed E-state index contributed by atoms with van der Waals surface area (Å²) in [6.45, 7) is 5.34. The van der Waals surface area contributed by atoms with Crippen LogP contribution in [0.5, 0.6) is 0 Å². The van der Waals surface area contributed by atoms with E-state index in [0.29, 0.717) is 13.0 Å². The lowest BCUT2D eigenvalue weighted by molar-refractivity contribution is 0.0988. The molecule has 2 rings (SSSR count). The van der Waals surface area contributed by atoms with Gasteiger partial charge in [-0.15, -0.1) is 0 Å². The zero-order valence-corrected chi connectivity index (χ0v) is 10.1. The summed E-state index contributed by atoms with van der Waals surface area (Å²) in [5, 5.41) is 4.11. The van der Waals surface area contributed by atoms with Gasteiger partial charge in [-0.25, -0.2) is 9.67 Å². The maximum Gasteiger partial charge on any atom is 0.164 e. The van der Waals surface area contributed by atoms with Crippen LogP contribution >= 0.6 is 0 Å². The van der Waals surface area contributed by atoms with E-state index in [1.165, 1.54) is 0 Å². The fourth-order valence-electron chi connectivity index (χ4n) is 1.75. The fourth-order valence-corrected chi connectivity index (χ4v) is 1.75. The van der Waals surface area contributed by atoms with Crippen molar-refractivity contribution in [3.05, 3.63) is 36.2 Å². The highest BCUT2D eigenvalue weighted by atomic mass is 16.1. The second-order valence-corrected chi connectivity index (χ2v) is 3.84. The number of carbonyl (C=O) groups is 1. The number of rotatable bonds is 5. The van der Waals surface area contributed by atoms with E-state index in [0.717, 1.165) is 17.9 Å². The van der Waals surface area contributed by atoms with Crippen molar-refractivity contribution in [1.82, 2.24) is 19.3 Å². The molecule has 0 amide bonds. The third-order valence-electron chi connectivity index (χ3n) is 2.71. The van der Waals surface area contributed by atoms with Crippen LogP contribution in [0.2, 0.25) is 0 Å². The maximum absolute atomic E-state index is 11.5. The summed E-state index contributed by atoms with van der Waals surface area (Å²) < 4.78 is 3.81. The molecule has 0 radical (unpaired) electrons. The summed E-state index contributed by atoms with van der Waals surface area (Å²) in [6.07, 6.45) is 5.85. The van der Waals surface area contributed by atoms with Gasteiger partial charge in [-0.1, -0.05) is 6.92 Å². The van der Waals surface area contributed by atoms with Crippen molar-refractivity contribution in [3.8, 4) is 0 Å². The highest BCUT2D eigenvalue weighted by Crippen LogP contribution is 2.07. The number of hydrogen-bond donors (Lipinski definition) is 0. The number of ketones is 1. The van der Waals surface area contributed by atoms with Crippen LogP contribution in [-0.2, 0) is 13.1 Å². The fraction of sp³-hybridized carbons (Fsp3) is 0.417. The molecule has 5 heteroatoms. The van der Waals surface area contributed by atoms with Gasteiger partial charge in [0.1, 0.15) is 12.2 Å². The number of hydrogen-bond acceptors (Lipinski definition) is 3. The Kier molecular flexibility index (Phi) is 3.37. The van der Waals surface area contributed by atoms with Gasteiger partial charge in [0.05, 0.1) is 6.54 Å². The Morgan fingerprint density at radius 3 is 2.94 bits per heavy atom. The smallest absolute Gasteiger partial charge is 0.164 e. The third kappa shape index (κ3) is 2.43. The Hall–Kier alpha value is -1.91. The van der Waals surface area contributed by atoms with Gasteiger partial charge in [-0.05, 0) is 13.0 Å². The normalized spacial score (nSPS) is 10.7. The van der Waals surface area contributed by atoms with Gasteiger partial charge in [0.25, 0.3) is 0 Å². The Labute approximate surface area is 100 Å². The molecule has 0 saturated carbocycles. The SMILES string of the molecule is CCC(=O)c1ccn(Cc2ncnn2CC)c1.